The third-order valence-electron chi connectivity index (χ3n) is 1.76. The third kappa shape index (κ3) is 6.01. The minimum atomic E-state index is 1.06. The van der Waals surface area contributed by atoms with Crippen molar-refractivity contribution >= 4 is 6.08 Å². The van der Waals surface area contributed by atoms with Gasteiger partial charge in [-0.1, -0.05) is 67.3 Å². The molecule has 0 spiro atoms. The summed E-state index contributed by atoms with van der Waals surface area (Å²) in [5.41, 5.74) is 3.30. The van der Waals surface area contributed by atoms with E-state index < -0.39 is 0 Å². The first-order valence-electron chi connectivity index (χ1n) is 4.56. The lowest BCUT2D eigenvalue weighted by atomic mass is 10.2. The van der Waals surface area contributed by atoms with Gasteiger partial charge in [0, 0.05) is 0 Å². The highest BCUT2D eigenvalue weighted by molar-refractivity contribution is 5.45. The van der Waals surface area contributed by atoms with Gasteiger partial charge >= 0.3 is 0 Å². The summed E-state index contributed by atoms with van der Waals surface area (Å²) in [6, 6.07) is 10.0. The number of benzene rings is 1. The standard InChI is InChI=1S/C8H8.C6H10/c1-2-8-6-4-3-5-7-8;1-5(2)6(3)4/h2-7H,1H2;1,3H2,2,4H3. The summed E-state index contributed by atoms with van der Waals surface area (Å²) in [5, 5.41) is 0. The Morgan fingerprint density at radius 2 is 1.43 bits per heavy atom. The Kier molecular flexibility index (Phi) is 6.13. The zero-order valence-corrected chi connectivity index (χ0v) is 9.09. The quantitative estimate of drug-likeness (QED) is 0.598. The number of hydrogen-bond donors (Lipinski definition) is 0. The second-order valence-electron chi connectivity index (χ2n) is 3.18. The van der Waals surface area contributed by atoms with Crippen molar-refractivity contribution in [3.63, 3.8) is 0 Å². The molecule has 0 unspecified atom stereocenters. The fourth-order valence-corrected chi connectivity index (χ4v) is 0.589. The molecule has 1 rings (SSSR count). The Morgan fingerprint density at radius 1 is 1.00 bits per heavy atom. The molecule has 14 heavy (non-hydrogen) atoms. The van der Waals surface area contributed by atoms with Crippen LogP contribution >= 0.6 is 0 Å². The summed E-state index contributed by atoms with van der Waals surface area (Å²) in [6.07, 6.45) is 1.83. The van der Waals surface area contributed by atoms with Gasteiger partial charge in [-0.25, -0.2) is 0 Å². The molecule has 0 radical (unpaired) electrons. The first kappa shape index (κ1) is 12.4. The van der Waals surface area contributed by atoms with Gasteiger partial charge in [0.2, 0.25) is 0 Å². The maximum Gasteiger partial charge on any atom is -0.0263 e. The summed E-state index contributed by atoms with van der Waals surface area (Å²) in [6.45, 7) is 14.8. The fraction of sp³-hybridized carbons (Fsp3) is 0.143. The summed E-state index contributed by atoms with van der Waals surface area (Å²) in [4.78, 5) is 0. The molecular weight excluding hydrogens is 168 g/mol. The Hall–Kier alpha value is -1.56. The molecule has 0 saturated carbocycles. The van der Waals surface area contributed by atoms with Crippen molar-refractivity contribution in [2.24, 2.45) is 0 Å². The molecular formula is C14H18. The van der Waals surface area contributed by atoms with Crippen LogP contribution in [0.2, 0.25) is 0 Å². The monoisotopic (exact) mass is 186 g/mol. The van der Waals surface area contributed by atoms with Crippen molar-refractivity contribution in [3.8, 4) is 0 Å². The first-order chi connectivity index (χ1) is 6.57. The van der Waals surface area contributed by atoms with Crippen molar-refractivity contribution in [3.05, 3.63) is 66.8 Å². The molecule has 0 aliphatic rings. The topological polar surface area (TPSA) is 0 Å². The smallest absolute Gasteiger partial charge is 0.0263 e. The molecule has 74 valence electrons. The lowest BCUT2D eigenvalue weighted by Crippen LogP contribution is -1.67. The average molecular weight is 186 g/mol. The van der Waals surface area contributed by atoms with Gasteiger partial charge in [0.05, 0.1) is 0 Å². The highest BCUT2D eigenvalue weighted by Crippen LogP contribution is 1.98. The van der Waals surface area contributed by atoms with E-state index in [4.69, 9.17) is 0 Å². The Labute approximate surface area is 87.3 Å². The zero-order valence-electron chi connectivity index (χ0n) is 9.09. The SMILES string of the molecule is C=C(C)C(=C)C.C=Cc1ccccc1. The van der Waals surface area contributed by atoms with Crippen LogP contribution in [0.4, 0.5) is 0 Å². The van der Waals surface area contributed by atoms with E-state index in [-0.39, 0.29) is 0 Å². The lowest BCUT2D eigenvalue weighted by molar-refractivity contribution is 1.39. The molecule has 0 bridgehead atoms. The number of rotatable bonds is 2. The van der Waals surface area contributed by atoms with Gasteiger partial charge in [-0.15, -0.1) is 0 Å². The van der Waals surface area contributed by atoms with E-state index in [1.54, 1.807) is 0 Å². The average Bonchev–Trinajstić information content (AvgIpc) is 2.20. The summed E-state index contributed by atoms with van der Waals surface area (Å²) in [7, 11) is 0. The normalized spacial score (nSPS) is 8.14. The van der Waals surface area contributed by atoms with Crippen molar-refractivity contribution in [2.45, 2.75) is 13.8 Å². The first-order valence-corrected chi connectivity index (χ1v) is 4.56. The Balaban J connectivity index is 0.000000255. The lowest BCUT2D eigenvalue weighted by Gasteiger charge is -1.88. The van der Waals surface area contributed by atoms with Gasteiger partial charge in [0.15, 0.2) is 0 Å². The van der Waals surface area contributed by atoms with Gasteiger partial charge in [0.25, 0.3) is 0 Å². The molecule has 0 fully saturated rings. The largest absolute Gasteiger partial charge is 0.0985 e. The van der Waals surface area contributed by atoms with Crippen LogP contribution in [-0.2, 0) is 0 Å². The molecule has 0 amide bonds. The predicted octanol–water partition coefficient (Wildman–Crippen LogP) is 4.47. The minimum absolute atomic E-state index is 1.06. The molecule has 0 aliphatic carbocycles. The maximum atomic E-state index is 3.66. The predicted molar refractivity (Wildman–Crippen MR) is 66.2 cm³/mol. The summed E-state index contributed by atoms with van der Waals surface area (Å²) in [5.74, 6) is 0. The molecule has 0 heteroatoms. The van der Waals surface area contributed by atoms with Gasteiger partial charge < -0.3 is 0 Å². The maximum absolute atomic E-state index is 3.66. The molecule has 0 heterocycles. The second-order valence-corrected chi connectivity index (χ2v) is 3.18. The van der Waals surface area contributed by atoms with E-state index in [1.807, 2.05) is 50.3 Å². The number of allylic oxidation sites excluding steroid dienone is 2. The van der Waals surface area contributed by atoms with E-state index >= 15 is 0 Å². The van der Waals surface area contributed by atoms with Crippen LogP contribution in [0.3, 0.4) is 0 Å². The van der Waals surface area contributed by atoms with Crippen molar-refractivity contribution in [1.82, 2.24) is 0 Å². The molecule has 1 aromatic rings. The van der Waals surface area contributed by atoms with Crippen LogP contribution in [0.5, 0.6) is 0 Å². The van der Waals surface area contributed by atoms with Gasteiger partial charge in [0.1, 0.15) is 0 Å². The molecule has 0 N–H and O–H groups in total. The van der Waals surface area contributed by atoms with Crippen LogP contribution in [-0.4, -0.2) is 0 Å². The van der Waals surface area contributed by atoms with Crippen LogP contribution < -0.4 is 0 Å². The highest BCUT2D eigenvalue weighted by atomic mass is 13.8. The zero-order chi connectivity index (χ0) is 11.0. The van der Waals surface area contributed by atoms with Crippen molar-refractivity contribution < 1.29 is 0 Å². The van der Waals surface area contributed by atoms with E-state index in [2.05, 4.69) is 19.7 Å². The summed E-state index contributed by atoms with van der Waals surface area (Å²) < 4.78 is 0. The Bertz CT molecular complexity index is 292. The van der Waals surface area contributed by atoms with Gasteiger partial charge in [-0.05, 0) is 19.4 Å². The van der Waals surface area contributed by atoms with Crippen molar-refractivity contribution in [2.75, 3.05) is 0 Å². The summed E-state index contributed by atoms with van der Waals surface area (Å²) >= 11 is 0. The second kappa shape index (κ2) is 6.90. The van der Waals surface area contributed by atoms with E-state index in [1.165, 1.54) is 5.56 Å². The van der Waals surface area contributed by atoms with Gasteiger partial charge in [-0.3, -0.25) is 0 Å². The number of hydrogen-bond acceptors (Lipinski definition) is 0. The van der Waals surface area contributed by atoms with Crippen LogP contribution in [0.1, 0.15) is 19.4 Å². The molecule has 0 aliphatic heterocycles. The van der Waals surface area contributed by atoms with Crippen LogP contribution in [0.15, 0.2) is 61.2 Å². The van der Waals surface area contributed by atoms with E-state index in [0.29, 0.717) is 0 Å². The minimum Gasteiger partial charge on any atom is -0.0985 e. The van der Waals surface area contributed by atoms with Gasteiger partial charge in [-0.2, -0.15) is 0 Å². The molecule has 0 atom stereocenters. The fourth-order valence-electron chi connectivity index (χ4n) is 0.589. The molecule has 1 aromatic carbocycles. The van der Waals surface area contributed by atoms with Crippen LogP contribution in [0.25, 0.3) is 6.08 Å². The molecule has 0 aromatic heterocycles. The van der Waals surface area contributed by atoms with Crippen molar-refractivity contribution in [1.29, 1.82) is 0 Å². The third-order valence-corrected chi connectivity index (χ3v) is 1.76. The van der Waals surface area contributed by atoms with Crippen LogP contribution in [0, 0.1) is 0 Å². The van der Waals surface area contributed by atoms with E-state index in [0.717, 1.165) is 11.1 Å². The van der Waals surface area contributed by atoms with E-state index in [9.17, 15) is 0 Å². The molecule has 0 saturated heterocycles. The highest BCUT2D eigenvalue weighted by Gasteiger charge is 1.77. The Morgan fingerprint density at radius 3 is 1.64 bits per heavy atom. The molecule has 0 nitrogen and oxygen atoms in total.